The Balaban J connectivity index is 1.71. The molecule has 27 heavy (non-hydrogen) atoms. The molecule has 0 bridgehead atoms. The maximum atomic E-state index is 13.5. The zero-order chi connectivity index (χ0) is 19.0. The minimum Gasteiger partial charge on any atom is -0.497 e. The lowest BCUT2D eigenvalue weighted by atomic mass is 10.1. The van der Waals surface area contributed by atoms with Crippen molar-refractivity contribution in [1.82, 2.24) is 0 Å². The van der Waals surface area contributed by atoms with Crippen LogP contribution in [0, 0.1) is 5.82 Å². The fourth-order valence-electron chi connectivity index (χ4n) is 2.76. The molecule has 9 heteroatoms. The molecule has 2 aromatic rings. The average Bonchev–Trinajstić information content (AvgIpc) is 3.19. The fourth-order valence-corrected chi connectivity index (χ4v) is 3.57. The number of rotatable bonds is 3. The van der Waals surface area contributed by atoms with Gasteiger partial charge in [0.05, 0.1) is 24.2 Å². The quantitative estimate of drug-likeness (QED) is 0.825. The fraction of sp³-hybridized carbons (Fsp3) is 0.111. The molecule has 0 unspecified atom stereocenters. The van der Waals surface area contributed by atoms with Gasteiger partial charge in [0, 0.05) is 11.6 Å². The van der Waals surface area contributed by atoms with Crippen molar-refractivity contribution in [3.8, 4) is 5.75 Å². The van der Waals surface area contributed by atoms with Crippen LogP contribution in [0.25, 0.3) is 0 Å². The summed E-state index contributed by atoms with van der Waals surface area (Å²) < 4.78 is 18.7. The molecule has 7 nitrogen and oxygen atoms in total. The minimum absolute atomic E-state index is 0.00235. The molecule has 1 fully saturated rings. The summed E-state index contributed by atoms with van der Waals surface area (Å²) in [5, 5.41) is 11.0. The van der Waals surface area contributed by atoms with E-state index in [1.165, 1.54) is 42.0 Å². The molecule has 4 rings (SSSR count). The van der Waals surface area contributed by atoms with Gasteiger partial charge in [0.25, 0.3) is 5.91 Å². The molecule has 0 aliphatic carbocycles. The second-order valence-corrected chi connectivity index (χ2v) is 6.64. The van der Waals surface area contributed by atoms with Crippen molar-refractivity contribution in [2.75, 3.05) is 23.1 Å². The molecule has 2 amide bonds. The van der Waals surface area contributed by atoms with E-state index >= 15 is 0 Å². The van der Waals surface area contributed by atoms with Gasteiger partial charge in [-0.25, -0.2) is 4.39 Å². The Hall–Kier alpha value is -3.20. The molecule has 0 radical (unpaired) electrons. The normalized spacial score (nSPS) is 19.0. The Morgan fingerprint density at radius 3 is 2.85 bits per heavy atom. The Morgan fingerprint density at radius 1 is 1.19 bits per heavy atom. The highest BCUT2D eigenvalue weighted by atomic mass is 32.2. The van der Waals surface area contributed by atoms with Crippen molar-refractivity contribution in [2.45, 2.75) is 0 Å². The first-order chi connectivity index (χ1) is 13.1. The highest BCUT2D eigenvalue weighted by Crippen LogP contribution is 2.30. The molecule has 0 saturated carbocycles. The number of carbonyl (C=O) groups excluding carboxylic acids is 2. The first-order valence-electron chi connectivity index (χ1n) is 7.93. The standard InChI is InChI=1S/C18H13FN4O3S/c1-26-12-4-2-3-11(8-12)23-15(24)9-27-18(23)22-21-16-13-7-10(19)5-6-14(13)20-17(16)25/h2-8H,9H2,1H3,(H,20,21,25). The SMILES string of the molecule is COc1cccc(N2C(=O)CSC2=NN=C2C(=O)Nc3ccc(F)cc32)c1. The average molecular weight is 384 g/mol. The van der Waals surface area contributed by atoms with Gasteiger partial charge in [0.1, 0.15) is 11.6 Å². The number of fused-ring (bicyclic) bond motifs is 1. The lowest BCUT2D eigenvalue weighted by molar-refractivity contribution is -0.115. The zero-order valence-electron chi connectivity index (χ0n) is 14.1. The van der Waals surface area contributed by atoms with Gasteiger partial charge in [0.15, 0.2) is 10.9 Å². The summed E-state index contributed by atoms with van der Waals surface area (Å²) in [7, 11) is 1.54. The number of thioether (sulfide) groups is 1. The third kappa shape index (κ3) is 3.17. The number of ether oxygens (including phenoxy) is 1. The van der Waals surface area contributed by atoms with Crippen LogP contribution in [-0.2, 0) is 9.59 Å². The van der Waals surface area contributed by atoms with Crippen molar-refractivity contribution >= 4 is 45.8 Å². The molecular formula is C18H13FN4O3S. The number of halogens is 1. The van der Waals surface area contributed by atoms with Crippen molar-refractivity contribution < 1.29 is 18.7 Å². The molecular weight excluding hydrogens is 371 g/mol. The number of carbonyl (C=O) groups is 2. The van der Waals surface area contributed by atoms with Crippen LogP contribution in [0.2, 0.25) is 0 Å². The van der Waals surface area contributed by atoms with Gasteiger partial charge in [-0.05, 0) is 30.3 Å². The summed E-state index contributed by atoms with van der Waals surface area (Å²) in [6.07, 6.45) is 0. The van der Waals surface area contributed by atoms with Crippen molar-refractivity contribution in [1.29, 1.82) is 0 Å². The van der Waals surface area contributed by atoms with Crippen molar-refractivity contribution in [2.24, 2.45) is 10.2 Å². The number of hydrogen-bond donors (Lipinski definition) is 1. The number of methoxy groups -OCH3 is 1. The molecule has 2 heterocycles. The molecule has 136 valence electrons. The van der Waals surface area contributed by atoms with Gasteiger partial charge in [-0.3, -0.25) is 14.5 Å². The lowest BCUT2D eigenvalue weighted by Crippen LogP contribution is -2.29. The second kappa shape index (κ2) is 6.84. The molecule has 2 aliphatic heterocycles. The van der Waals surface area contributed by atoms with E-state index in [9.17, 15) is 14.0 Å². The van der Waals surface area contributed by atoms with Gasteiger partial charge < -0.3 is 10.1 Å². The Morgan fingerprint density at radius 2 is 2.04 bits per heavy atom. The van der Waals surface area contributed by atoms with Gasteiger partial charge in [0.2, 0.25) is 5.91 Å². The third-order valence-electron chi connectivity index (χ3n) is 4.01. The van der Waals surface area contributed by atoms with Crippen LogP contribution in [0.4, 0.5) is 15.8 Å². The summed E-state index contributed by atoms with van der Waals surface area (Å²) in [4.78, 5) is 25.8. The minimum atomic E-state index is -0.478. The van der Waals surface area contributed by atoms with Crippen LogP contribution < -0.4 is 15.0 Å². The number of nitrogens with one attached hydrogen (secondary N) is 1. The predicted molar refractivity (Wildman–Crippen MR) is 102 cm³/mol. The number of hydrogen-bond acceptors (Lipinski definition) is 6. The molecule has 0 atom stereocenters. The van der Waals surface area contributed by atoms with Gasteiger partial charge >= 0.3 is 0 Å². The van der Waals surface area contributed by atoms with E-state index in [2.05, 4.69) is 15.5 Å². The number of amidine groups is 1. The Kier molecular flexibility index (Phi) is 4.36. The molecule has 0 aromatic heterocycles. The second-order valence-electron chi connectivity index (χ2n) is 5.69. The van der Waals surface area contributed by atoms with Gasteiger partial charge in [-0.15, -0.1) is 10.2 Å². The number of nitrogens with zero attached hydrogens (tertiary/aromatic N) is 3. The van der Waals surface area contributed by atoms with E-state index in [1.54, 1.807) is 24.3 Å². The van der Waals surface area contributed by atoms with E-state index < -0.39 is 11.7 Å². The molecule has 2 aliphatic rings. The van der Waals surface area contributed by atoms with Crippen molar-refractivity contribution in [3.05, 3.63) is 53.8 Å². The summed E-state index contributed by atoms with van der Waals surface area (Å²) in [5.41, 5.74) is 1.40. The largest absolute Gasteiger partial charge is 0.497 e. The van der Waals surface area contributed by atoms with E-state index in [0.717, 1.165) is 0 Å². The number of benzene rings is 2. The zero-order valence-corrected chi connectivity index (χ0v) is 14.9. The molecule has 0 spiro atoms. The van der Waals surface area contributed by atoms with Gasteiger partial charge in [-0.1, -0.05) is 17.8 Å². The smallest absolute Gasteiger partial charge is 0.276 e. The van der Waals surface area contributed by atoms with Crippen LogP contribution in [0.3, 0.4) is 0 Å². The highest BCUT2D eigenvalue weighted by molar-refractivity contribution is 8.15. The Labute approximate surface area is 157 Å². The highest BCUT2D eigenvalue weighted by Gasteiger charge is 2.31. The first kappa shape index (κ1) is 17.2. The third-order valence-corrected chi connectivity index (χ3v) is 4.93. The summed E-state index contributed by atoms with van der Waals surface area (Å²) >= 11 is 1.21. The van der Waals surface area contributed by atoms with Crippen LogP contribution in [0.15, 0.2) is 52.7 Å². The topological polar surface area (TPSA) is 83.4 Å². The summed E-state index contributed by atoms with van der Waals surface area (Å²) in [6.45, 7) is 0. The summed E-state index contributed by atoms with van der Waals surface area (Å²) in [6, 6.07) is 10.9. The van der Waals surface area contributed by atoms with Crippen LogP contribution in [0.1, 0.15) is 5.56 Å². The van der Waals surface area contributed by atoms with E-state index in [1.807, 2.05) is 0 Å². The predicted octanol–water partition coefficient (Wildman–Crippen LogP) is 2.63. The van der Waals surface area contributed by atoms with E-state index in [4.69, 9.17) is 4.74 Å². The molecule has 1 N–H and O–H groups in total. The first-order valence-corrected chi connectivity index (χ1v) is 8.92. The van der Waals surface area contributed by atoms with Crippen LogP contribution >= 0.6 is 11.8 Å². The maximum Gasteiger partial charge on any atom is 0.276 e. The number of amides is 2. The number of anilines is 2. The van der Waals surface area contributed by atoms with E-state index in [-0.39, 0.29) is 17.4 Å². The lowest BCUT2D eigenvalue weighted by Gasteiger charge is -2.15. The molecule has 2 aromatic carbocycles. The maximum absolute atomic E-state index is 13.5. The monoisotopic (exact) mass is 384 g/mol. The van der Waals surface area contributed by atoms with Crippen LogP contribution in [-0.4, -0.2) is 35.6 Å². The van der Waals surface area contributed by atoms with E-state index in [0.29, 0.717) is 27.9 Å². The molecule has 1 saturated heterocycles. The van der Waals surface area contributed by atoms with Crippen molar-refractivity contribution in [3.63, 3.8) is 0 Å². The van der Waals surface area contributed by atoms with Crippen LogP contribution in [0.5, 0.6) is 5.75 Å². The Bertz CT molecular complexity index is 1020. The van der Waals surface area contributed by atoms with Gasteiger partial charge in [-0.2, -0.15) is 0 Å². The summed E-state index contributed by atoms with van der Waals surface area (Å²) in [5.74, 6) is -0.300.